The van der Waals surface area contributed by atoms with Crippen LogP contribution in [0.4, 0.5) is 10.1 Å². The predicted octanol–water partition coefficient (Wildman–Crippen LogP) is 4.05. The molecule has 0 saturated heterocycles. The highest BCUT2D eigenvalue weighted by atomic mass is 127. The van der Waals surface area contributed by atoms with Crippen LogP contribution >= 0.6 is 33.9 Å². The smallest absolute Gasteiger partial charge is 0.266 e. The van der Waals surface area contributed by atoms with Crippen LogP contribution in [0.3, 0.4) is 0 Å². The van der Waals surface area contributed by atoms with E-state index in [4.69, 9.17) is 0 Å². The van der Waals surface area contributed by atoms with E-state index in [9.17, 15) is 9.18 Å². The number of carbonyl (C=O) groups is 1. The molecule has 0 fully saturated rings. The van der Waals surface area contributed by atoms with Crippen molar-refractivity contribution in [2.45, 2.75) is 6.92 Å². The number of rotatable bonds is 2. The number of aryl methyl sites for hydroxylation is 1. The van der Waals surface area contributed by atoms with Crippen molar-refractivity contribution >= 4 is 45.5 Å². The predicted molar refractivity (Wildman–Crippen MR) is 76.1 cm³/mol. The van der Waals surface area contributed by atoms with Crippen molar-refractivity contribution in [3.05, 3.63) is 49.5 Å². The van der Waals surface area contributed by atoms with Crippen molar-refractivity contribution in [1.82, 2.24) is 0 Å². The lowest BCUT2D eigenvalue weighted by molar-refractivity contribution is 0.103. The monoisotopic (exact) mass is 361 g/mol. The summed E-state index contributed by atoms with van der Waals surface area (Å²) >= 11 is 3.39. The molecule has 1 heterocycles. The van der Waals surface area contributed by atoms with Gasteiger partial charge in [0.05, 0.1) is 10.6 Å². The molecule has 5 heteroatoms. The molecule has 0 atom stereocenters. The van der Waals surface area contributed by atoms with E-state index in [1.54, 1.807) is 6.07 Å². The van der Waals surface area contributed by atoms with E-state index in [0.29, 0.717) is 14.1 Å². The molecule has 0 aliphatic carbocycles. The van der Waals surface area contributed by atoms with Gasteiger partial charge >= 0.3 is 0 Å². The quantitative estimate of drug-likeness (QED) is 0.804. The van der Waals surface area contributed by atoms with Gasteiger partial charge in [-0.15, -0.1) is 11.3 Å². The topological polar surface area (TPSA) is 29.1 Å². The van der Waals surface area contributed by atoms with Crippen LogP contribution in [-0.2, 0) is 0 Å². The zero-order valence-electron chi connectivity index (χ0n) is 8.96. The van der Waals surface area contributed by atoms with Crippen LogP contribution in [0, 0.1) is 16.3 Å². The summed E-state index contributed by atoms with van der Waals surface area (Å²) in [6, 6.07) is 6.18. The van der Waals surface area contributed by atoms with Gasteiger partial charge in [-0.1, -0.05) is 0 Å². The number of thiophene rings is 1. The molecule has 2 rings (SSSR count). The van der Waals surface area contributed by atoms with E-state index in [-0.39, 0.29) is 11.7 Å². The molecule has 88 valence electrons. The molecule has 0 unspecified atom stereocenters. The molecule has 0 aliphatic rings. The average molecular weight is 361 g/mol. The number of hydrogen-bond acceptors (Lipinski definition) is 2. The van der Waals surface area contributed by atoms with Gasteiger partial charge in [0.2, 0.25) is 0 Å². The Kier molecular flexibility index (Phi) is 3.78. The van der Waals surface area contributed by atoms with E-state index in [2.05, 4.69) is 5.32 Å². The van der Waals surface area contributed by atoms with Gasteiger partial charge in [-0.2, -0.15) is 0 Å². The molecule has 0 bridgehead atoms. The van der Waals surface area contributed by atoms with Crippen molar-refractivity contribution in [2.75, 3.05) is 5.32 Å². The molecule has 0 spiro atoms. The molecule has 0 aliphatic heterocycles. The lowest BCUT2D eigenvalue weighted by atomic mass is 10.2. The standard InChI is InChI=1S/C12H9FINOS/c1-7-4-5-17-11(7)12(16)15-10-3-2-8(13)6-9(10)14/h2-6H,1H3,(H,15,16). The Labute approximate surface area is 116 Å². The highest BCUT2D eigenvalue weighted by Gasteiger charge is 2.12. The molecule has 1 aromatic heterocycles. The number of carbonyl (C=O) groups excluding carboxylic acids is 1. The number of halogens is 2. The molecule has 1 amide bonds. The van der Waals surface area contributed by atoms with Crippen LogP contribution in [0.1, 0.15) is 15.2 Å². The van der Waals surface area contributed by atoms with Crippen LogP contribution in [0.25, 0.3) is 0 Å². The second-order valence-electron chi connectivity index (χ2n) is 3.51. The summed E-state index contributed by atoms with van der Waals surface area (Å²) in [6.07, 6.45) is 0. The maximum atomic E-state index is 12.9. The summed E-state index contributed by atoms with van der Waals surface area (Å²) in [7, 11) is 0. The molecule has 2 aromatic rings. The molecule has 17 heavy (non-hydrogen) atoms. The van der Waals surface area contributed by atoms with E-state index >= 15 is 0 Å². The average Bonchev–Trinajstić information content (AvgIpc) is 2.68. The molecular weight excluding hydrogens is 352 g/mol. The first-order valence-corrected chi connectivity index (χ1v) is 6.84. The van der Waals surface area contributed by atoms with Gasteiger partial charge in [0, 0.05) is 3.57 Å². The number of benzene rings is 1. The summed E-state index contributed by atoms with van der Waals surface area (Å²) < 4.78 is 13.6. The van der Waals surface area contributed by atoms with Crippen molar-refractivity contribution in [1.29, 1.82) is 0 Å². The second kappa shape index (κ2) is 5.14. The minimum Gasteiger partial charge on any atom is -0.320 e. The zero-order chi connectivity index (χ0) is 12.4. The van der Waals surface area contributed by atoms with Crippen LogP contribution < -0.4 is 5.32 Å². The Morgan fingerprint density at radius 2 is 2.18 bits per heavy atom. The Balaban J connectivity index is 2.22. The zero-order valence-corrected chi connectivity index (χ0v) is 11.9. The number of anilines is 1. The van der Waals surface area contributed by atoms with Gasteiger partial charge in [-0.3, -0.25) is 4.79 Å². The molecule has 1 aromatic carbocycles. The first-order chi connectivity index (χ1) is 8.08. The van der Waals surface area contributed by atoms with Crippen LogP contribution in [-0.4, -0.2) is 5.91 Å². The number of amides is 1. The number of nitrogens with one attached hydrogen (secondary N) is 1. The van der Waals surface area contributed by atoms with Crippen LogP contribution in [0.5, 0.6) is 0 Å². The fourth-order valence-corrected chi connectivity index (χ4v) is 2.81. The van der Waals surface area contributed by atoms with E-state index in [1.807, 2.05) is 41.0 Å². The minimum atomic E-state index is -0.306. The molecular formula is C12H9FINOS. The lowest BCUT2D eigenvalue weighted by Gasteiger charge is -2.06. The summed E-state index contributed by atoms with van der Waals surface area (Å²) in [5.41, 5.74) is 1.58. The Morgan fingerprint density at radius 3 is 2.76 bits per heavy atom. The molecule has 1 N–H and O–H groups in total. The third-order valence-corrected chi connectivity index (χ3v) is 4.16. The van der Waals surface area contributed by atoms with Gasteiger partial charge in [0.1, 0.15) is 5.82 Å². The van der Waals surface area contributed by atoms with Crippen molar-refractivity contribution < 1.29 is 9.18 Å². The van der Waals surface area contributed by atoms with Crippen molar-refractivity contribution in [3.8, 4) is 0 Å². The third-order valence-electron chi connectivity index (χ3n) is 2.25. The first kappa shape index (κ1) is 12.5. The molecule has 2 nitrogen and oxygen atoms in total. The van der Waals surface area contributed by atoms with Crippen LogP contribution in [0.2, 0.25) is 0 Å². The summed E-state index contributed by atoms with van der Waals surface area (Å²) in [4.78, 5) is 12.6. The van der Waals surface area contributed by atoms with Gasteiger partial charge in [0.15, 0.2) is 0 Å². The van der Waals surface area contributed by atoms with E-state index < -0.39 is 0 Å². The maximum Gasteiger partial charge on any atom is 0.266 e. The Morgan fingerprint density at radius 1 is 1.41 bits per heavy atom. The maximum absolute atomic E-state index is 12.9. The second-order valence-corrected chi connectivity index (χ2v) is 5.59. The fourth-order valence-electron chi connectivity index (χ4n) is 1.38. The van der Waals surface area contributed by atoms with Crippen LogP contribution in [0.15, 0.2) is 29.6 Å². The summed E-state index contributed by atoms with van der Waals surface area (Å²) in [6.45, 7) is 1.89. The minimum absolute atomic E-state index is 0.151. The molecule has 0 saturated carbocycles. The Hall–Kier alpha value is -0.950. The lowest BCUT2D eigenvalue weighted by Crippen LogP contribution is -2.12. The molecule has 0 radical (unpaired) electrons. The van der Waals surface area contributed by atoms with Gasteiger partial charge < -0.3 is 5.32 Å². The third kappa shape index (κ3) is 2.84. The fraction of sp³-hybridized carbons (Fsp3) is 0.0833. The normalized spacial score (nSPS) is 10.3. The summed E-state index contributed by atoms with van der Waals surface area (Å²) in [5, 5.41) is 4.65. The van der Waals surface area contributed by atoms with Gasteiger partial charge in [0.25, 0.3) is 5.91 Å². The van der Waals surface area contributed by atoms with Gasteiger partial charge in [-0.25, -0.2) is 4.39 Å². The summed E-state index contributed by atoms with van der Waals surface area (Å²) in [5.74, 6) is -0.457. The van der Waals surface area contributed by atoms with Gasteiger partial charge in [-0.05, 0) is 64.7 Å². The van der Waals surface area contributed by atoms with Crippen molar-refractivity contribution in [2.24, 2.45) is 0 Å². The largest absolute Gasteiger partial charge is 0.320 e. The SMILES string of the molecule is Cc1ccsc1C(=O)Nc1ccc(F)cc1I. The van der Waals surface area contributed by atoms with E-state index in [1.165, 1.54) is 23.5 Å². The number of hydrogen-bond donors (Lipinski definition) is 1. The first-order valence-electron chi connectivity index (χ1n) is 4.88. The van der Waals surface area contributed by atoms with Crippen molar-refractivity contribution in [3.63, 3.8) is 0 Å². The Bertz CT molecular complexity index is 567. The highest BCUT2D eigenvalue weighted by Crippen LogP contribution is 2.22. The van der Waals surface area contributed by atoms with E-state index in [0.717, 1.165) is 5.56 Å². The highest BCUT2D eigenvalue weighted by molar-refractivity contribution is 14.1.